The largest absolute Gasteiger partial charge is 0.411 e. The van der Waals surface area contributed by atoms with Gasteiger partial charge in [0.2, 0.25) is 5.91 Å². The second-order valence-corrected chi connectivity index (χ2v) is 2.90. The van der Waals surface area contributed by atoms with Gasteiger partial charge in [0.15, 0.2) is 0 Å². The number of hydrogen-bond acceptors (Lipinski definition) is 3. The highest BCUT2D eigenvalue weighted by molar-refractivity contribution is 5.79. The molecule has 1 aromatic rings. The highest BCUT2D eigenvalue weighted by Crippen LogP contribution is 2.01. The van der Waals surface area contributed by atoms with Gasteiger partial charge in [-0.15, -0.1) is 0 Å². The van der Waals surface area contributed by atoms with Crippen molar-refractivity contribution in [2.24, 2.45) is 5.16 Å². The minimum atomic E-state index is -0.0500. The first-order chi connectivity index (χ1) is 6.72. The van der Waals surface area contributed by atoms with Gasteiger partial charge in [0.25, 0.3) is 0 Å². The Labute approximate surface area is 82.2 Å². The summed E-state index contributed by atoms with van der Waals surface area (Å²) < 4.78 is 0. The van der Waals surface area contributed by atoms with Crippen molar-refractivity contribution in [2.45, 2.75) is 13.5 Å². The Hall–Kier alpha value is -1.84. The van der Waals surface area contributed by atoms with Crippen LogP contribution in [0.4, 0.5) is 0 Å². The van der Waals surface area contributed by atoms with Gasteiger partial charge in [0, 0.05) is 13.5 Å². The van der Waals surface area contributed by atoms with Gasteiger partial charge in [-0.25, -0.2) is 0 Å². The Morgan fingerprint density at radius 1 is 1.50 bits per heavy atom. The van der Waals surface area contributed by atoms with Gasteiger partial charge in [0.05, 0.1) is 6.21 Å². The summed E-state index contributed by atoms with van der Waals surface area (Å²) in [6.45, 7) is 2.00. The standard InChI is InChI=1S/C10H12N2O2/c1-8(13)11-6-9-2-4-10(5-3-9)7-12-14/h2-5,7,14H,6H2,1H3,(H,11,13)/b12-7-. The van der Waals surface area contributed by atoms with Crippen LogP contribution in [-0.4, -0.2) is 17.3 Å². The molecule has 0 aliphatic carbocycles. The predicted octanol–water partition coefficient (Wildman–Crippen LogP) is 1.13. The number of benzene rings is 1. The molecule has 0 fully saturated rings. The summed E-state index contributed by atoms with van der Waals surface area (Å²) in [7, 11) is 0. The Kier molecular flexibility index (Phi) is 3.67. The summed E-state index contributed by atoms with van der Waals surface area (Å²) in [5.74, 6) is -0.0500. The minimum Gasteiger partial charge on any atom is -0.411 e. The van der Waals surface area contributed by atoms with Gasteiger partial charge >= 0.3 is 0 Å². The Bertz CT molecular complexity index is 330. The number of amides is 1. The summed E-state index contributed by atoms with van der Waals surface area (Å²) in [5, 5.41) is 13.9. The van der Waals surface area contributed by atoms with Crippen molar-refractivity contribution in [1.29, 1.82) is 0 Å². The van der Waals surface area contributed by atoms with E-state index in [1.54, 1.807) is 0 Å². The Balaban J connectivity index is 2.59. The zero-order valence-corrected chi connectivity index (χ0v) is 7.90. The van der Waals surface area contributed by atoms with Crippen LogP contribution in [0.5, 0.6) is 0 Å². The SMILES string of the molecule is CC(=O)NCc1ccc(/C=N\O)cc1. The molecule has 74 valence electrons. The van der Waals surface area contributed by atoms with Crippen molar-refractivity contribution < 1.29 is 10.0 Å². The van der Waals surface area contributed by atoms with Crippen LogP contribution in [0.1, 0.15) is 18.1 Å². The average Bonchev–Trinajstić information content (AvgIpc) is 2.17. The van der Waals surface area contributed by atoms with E-state index >= 15 is 0 Å². The maximum absolute atomic E-state index is 10.6. The van der Waals surface area contributed by atoms with Gasteiger partial charge in [-0.1, -0.05) is 29.4 Å². The summed E-state index contributed by atoms with van der Waals surface area (Å²) in [5.41, 5.74) is 1.83. The molecule has 0 aliphatic rings. The van der Waals surface area contributed by atoms with Crippen LogP contribution in [0, 0.1) is 0 Å². The van der Waals surface area contributed by atoms with Crippen molar-refractivity contribution in [2.75, 3.05) is 0 Å². The first kappa shape index (κ1) is 10.2. The molecule has 4 heteroatoms. The molecule has 0 bridgehead atoms. The summed E-state index contributed by atoms with van der Waals surface area (Å²) in [4.78, 5) is 10.6. The fraction of sp³-hybridized carbons (Fsp3) is 0.200. The van der Waals surface area contributed by atoms with Crippen LogP contribution in [0.25, 0.3) is 0 Å². The molecule has 4 nitrogen and oxygen atoms in total. The van der Waals surface area contributed by atoms with E-state index in [4.69, 9.17) is 5.21 Å². The molecule has 14 heavy (non-hydrogen) atoms. The smallest absolute Gasteiger partial charge is 0.217 e. The third-order valence-electron chi connectivity index (χ3n) is 1.73. The second-order valence-electron chi connectivity index (χ2n) is 2.90. The highest BCUT2D eigenvalue weighted by atomic mass is 16.4. The van der Waals surface area contributed by atoms with Crippen molar-refractivity contribution >= 4 is 12.1 Å². The minimum absolute atomic E-state index is 0.0500. The number of hydrogen-bond donors (Lipinski definition) is 2. The number of carbonyl (C=O) groups excluding carboxylic acids is 1. The monoisotopic (exact) mass is 192 g/mol. The van der Waals surface area contributed by atoms with Gasteiger partial charge < -0.3 is 10.5 Å². The summed E-state index contributed by atoms with van der Waals surface area (Å²) in [6.07, 6.45) is 1.35. The molecule has 0 radical (unpaired) electrons. The molecular formula is C10H12N2O2. The molecule has 0 spiro atoms. The number of carbonyl (C=O) groups is 1. The maximum Gasteiger partial charge on any atom is 0.217 e. The first-order valence-corrected chi connectivity index (χ1v) is 4.23. The molecule has 1 aromatic carbocycles. The molecule has 0 aliphatic heterocycles. The van der Waals surface area contributed by atoms with Crippen molar-refractivity contribution in [3.8, 4) is 0 Å². The number of nitrogens with zero attached hydrogens (tertiary/aromatic N) is 1. The highest BCUT2D eigenvalue weighted by Gasteiger charge is 1.94. The molecule has 2 N–H and O–H groups in total. The van der Waals surface area contributed by atoms with Crippen molar-refractivity contribution in [3.63, 3.8) is 0 Å². The number of nitrogens with one attached hydrogen (secondary N) is 1. The average molecular weight is 192 g/mol. The van der Waals surface area contributed by atoms with Crippen LogP contribution in [-0.2, 0) is 11.3 Å². The molecule has 0 saturated carbocycles. The molecule has 0 unspecified atom stereocenters. The predicted molar refractivity (Wildman–Crippen MR) is 53.3 cm³/mol. The van der Waals surface area contributed by atoms with E-state index in [1.165, 1.54) is 13.1 Å². The Morgan fingerprint density at radius 3 is 2.64 bits per heavy atom. The van der Waals surface area contributed by atoms with E-state index < -0.39 is 0 Å². The van der Waals surface area contributed by atoms with Crippen molar-refractivity contribution in [3.05, 3.63) is 35.4 Å². The molecule has 0 aromatic heterocycles. The van der Waals surface area contributed by atoms with Crippen LogP contribution >= 0.6 is 0 Å². The zero-order valence-electron chi connectivity index (χ0n) is 7.90. The normalized spacial score (nSPS) is 10.4. The molecule has 1 amide bonds. The maximum atomic E-state index is 10.6. The summed E-state index contributed by atoms with van der Waals surface area (Å²) >= 11 is 0. The van der Waals surface area contributed by atoms with Crippen LogP contribution in [0.15, 0.2) is 29.4 Å². The lowest BCUT2D eigenvalue weighted by Crippen LogP contribution is -2.18. The molecule has 0 atom stereocenters. The molecule has 1 rings (SSSR count). The zero-order chi connectivity index (χ0) is 10.4. The lowest BCUT2D eigenvalue weighted by molar-refractivity contribution is -0.119. The molecule has 0 saturated heterocycles. The quantitative estimate of drug-likeness (QED) is 0.428. The van der Waals surface area contributed by atoms with E-state index in [2.05, 4.69) is 10.5 Å². The van der Waals surface area contributed by atoms with E-state index in [1.807, 2.05) is 24.3 Å². The lowest BCUT2D eigenvalue weighted by Gasteiger charge is -2.01. The van der Waals surface area contributed by atoms with Crippen LogP contribution in [0.2, 0.25) is 0 Å². The van der Waals surface area contributed by atoms with Gasteiger partial charge in [0.1, 0.15) is 0 Å². The first-order valence-electron chi connectivity index (χ1n) is 4.23. The van der Waals surface area contributed by atoms with E-state index in [-0.39, 0.29) is 5.91 Å². The van der Waals surface area contributed by atoms with Gasteiger partial charge in [-0.2, -0.15) is 0 Å². The lowest BCUT2D eigenvalue weighted by atomic mass is 10.1. The van der Waals surface area contributed by atoms with E-state index in [0.717, 1.165) is 11.1 Å². The van der Waals surface area contributed by atoms with Crippen LogP contribution in [0.3, 0.4) is 0 Å². The molecular weight excluding hydrogens is 180 g/mol. The second kappa shape index (κ2) is 5.01. The fourth-order valence-corrected chi connectivity index (χ4v) is 1.01. The third kappa shape index (κ3) is 3.26. The van der Waals surface area contributed by atoms with E-state index in [0.29, 0.717) is 6.54 Å². The van der Waals surface area contributed by atoms with Gasteiger partial charge in [-0.3, -0.25) is 4.79 Å². The topological polar surface area (TPSA) is 61.7 Å². The van der Waals surface area contributed by atoms with E-state index in [9.17, 15) is 4.79 Å². The van der Waals surface area contributed by atoms with Gasteiger partial charge in [-0.05, 0) is 11.1 Å². The van der Waals surface area contributed by atoms with Crippen molar-refractivity contribution in [1.82, 2.24) is 5.32 Å². The number of rotatable bonds is 3. The Morgan fingerprint density at radius 2 is 2.14 bits per heavy atom. The third-order valence-corrected chi connectivity index (χ3v) is 1.73. The summed E-state index contributed by atoms with van der Waals surface area (Å²) in [6, 6.07) is 7.37. The number of oxime groups is 1. The fourth-order valence-electron chi connectivity index (χ4n) is 1.01. The van der Waals surface area contributed by atoms with Crippen LogP contribution < -0.4 is 5.32 Å². The molecule has 0 heterocycles.